The standard InChI is InChI=1S/C19H12ClN5O3S/c20-14-6-11(8-21)12(9-22)7-17(14)25-24-16-4-5-18(26)13-2-1-3-15(19(13)16)23-10-29(27)28/h1-7,23,26H,10H2,(H,27,28). The number of fused-ring (bicyclic) bond motifs is 1. The van der Waals surface area contributed by atoms with E-state index in [2.05, 4.69) is 15.5 Å². The summed E-state index contributed by atoms with van der Waals surface area (Å²) in [4.78, 5) is 0. The van der Waals surface area contributed by atoms with Crippen molar-refractivity contribution in [2.45, 2.75) is 0 Å². The fraction of sp³-hybridized carbons (Fsp3) is 0.0526. The minimum Gasteiger partial charge on any atom is -0.507 e. The van der Waals surface area contributed by atoms with Gasteiger partial charge in [-0.15, -0.1) is 10.2 Å². The Labute approximate surface area is 173 Å². The third-order valence-corrected chi connectivity index (χ3v) is 4.67. The van der Waals surface area contributed by atoms with E-state index in [1.807, 2.05) is 12.1 Å². The molecule has 0 aliphatic rings. The minimum atomic E-state index is -2.07. The first-order valence-corrected chi connectivity index (χ1v) is 9.71. The van der Waals surface area contributed by atoms with Crippen LogP contribution in [0.4, 0.5) is 17.1 Å². The summed E-state index contributed by atoms with van der Waals surface area (Å²) in [5.74, 6) is -0.200. The molecule has 0 fully saturated rings. The Balaban J connectivity index is 2.11. The van der Waals surface area contributed by atoms with Crippen molar-refractivity contribution in [1.82, 2.24) is 0 Å². The van der Waals surface area contributed by atoms with Gasteiger partial charge < -0.3 is 15.0 Å². The largest absolute Gasteiger partial charge is 0.507 e. The maximum Gasteiger partial charge on any atom is 0.172 e. The predicted molar refractivity (Wildman–Crippen MR) is 110 cm³/mol. The topological polar surface area (TPSA) is 142 Å². The summed E-state index contributed by atoms with van der Waals surface area (Å²) in [7, 11) is 0. The zero-order valence-corrected chi connectivity index (χ0v) is 16.2. The number of azo groups is 1. The van der Waals surface area contributed by atoms with Crippen LogP contribution in [-0.4, -0.2) is 19.7 Å². The SMILES string of the molecule is N#Cc1cc(Cl)c(N=Nc2ccc(O)c3cccc(NCS(=O)O)c23)cc1C#N. The molecule has 0 aliphatic heterocycles. The van der Waals surface area contributed by atoms with Crippen LogP contribution in [-0.2, 0) is 11.1 Å². The van der Waals surface area contributed by atoms with Gasteiger partial charge in [0.2, 0.25) is 0 Å². The Bertz CT molecular complexity index is 1250. The van der Waals surface area contributed by atoms with Crippen molar-refractivity contribution < 1.29 is 13.9 Å². The molecule has 0 heterocycles. The lowest BCUT2D eigenvalue weighted by molar-refractivity contribution is 0.481. The third-order valence-electron chi connectivity index (χ3n) is 3.98. The number of nitrogens with zero attached hydrogens (tertiary/aromatic N) is 4. The first-order valence-electron chi connectivity index (χ1n) is 8.06. The lowest BCUT2D eigenvalue weighted by Gasteiger charge is -2.11. The molecule has 1 unspecified atom stereocenters. The highest BCUT2D eigenvalue weighted by atomic mass is 35.5. The molecule has 0 bridgehead atoms. The second-order valence-corrected chi connectivity index (χ2v) is 7.09. The number of anilines is 1. The van der Waals surface area contributed by atoms with Crippen LogP contribution in [0, 0.1) is 22.7 Å². The zero-order chi connectivity index (χ0) is 21.0. The molecule has 0 radical (unpaired) electrons. The molecule has 8 nitrogen and oxygen atoms in total. The van der Waals surface area contributed by atoms with Gasteiger partial charge in [-0.05, 0) is 30.3 Å². The first-order chi connectivity index (χ1) is 13.9. The van der Waals surface area contributed by atoms with Crippen LogP contribution < -0.4 is 5.32 Å². The van der Waals surface area contributed by atoms with E-state index in [-0.39, 0.29) is 33.5 Å². The number of phenolic OH excluding ortho intramolecular Hbond substituents is 1. The van der Waals surface area contributed by atoms with Gasteiger partial charge in [0.05, 0.1) is 21.8 Å². The monoisotopic (exact) mass is 425 g/mol. The fourth-order valence-corrected chi connectivity index (χ4v) is 3.15. The predicted octanol–water partition coefficient (Wildman–Crippen LogP) is 4.95. The summed E-state index contributed by atoms with van der Waals surface area (Å²) >= 11 is 4.07. The van der Waals surface area contributed by atoms with Crippen molar-refractivity contribution in [3.05, 3.63) is 58.6 Å². The van der Waals surface area contributed by atoms with Crippen molar-refractivity contribution in [1.29, 1.82) is 10.5 Å². The Morgan fingerprint density at radius 1 is 1.07 bits per heavy atom. The van der Waals surface area contributed by atoms with Gasteiger partial charge in [0.15, 0.2) is 11.1 Å². The molecule has 0 spiro atoms. The van der Waals surface area contributed by atoms with Gasteiger partial charge in [-0.2, -0.15) is 10.5 Å². The van der Waals surface area contributed by atoms with Crippen LogP contribution in [0.5, 0.6) is 5.75 Å². The van der Waals surface area contributed by atoms with Gasteiger partial charge >= 0.3 is 0 Å². The highest BCUT2D eigenvalue weighted by Crippen LogP contribution is 2.39. The Hall–Kier alpha value is -3.50. The van der Waals surface area contributed by atoms with Gasteiger partial charge in [0.1, 0.15) is 29.5 Å². The molecule has 3 rings (SSSR count). The van der Waals surface area contributed by atoms with E-state index in [9.17, 15) is 9.32 Å². The molecule has 0 aromatic heterocycles. The van der Waals surface area contributed by atoms with E-state index in [0.717, 1.165) is 0 Å². The summed E-state index contributed by atoms with van der Waals surface area (Å²) in [6, 6.07) is 14.5. The van der Waals surface area contributed by atoms with Gasteiger partial charge in [-0.3, -0.25) is 0 Å². The molecular formula is C19H12ClN5O3S. The average molecular weight is 426 g/mol. The van der Waals surface area contributed by atoms with Gasteiger partial charge in [0.25, 0.3) is 0 Å². The van der Waals surface area contributed by atoms with E-state index in [4.69, 9.17) is 26.7 Å². The number of aromatic hydroxyl groups is 1. The van der Waals surface area contributed by atoms with E-state index in [0.29, 0.717) is 22.1 Å². The van der Waals surface area contributed by atoms with Crippen molar-refractivity contribution in [3.8, 4) is 17.9 Å². The Morgan fingerprint density at radius 2 is 1.76 bits per heavy atom. The average Bonchev–Trinajstić information content (AvgIpc) is 2.72. The molecular weight excluding hydrogens is 414 g/mol. The Kier molecular flexibility index (Phi) is 6.05. The molecule has 144 valence electrons. The van der Waals surface area contributed by atoms with Crippen LogP contribution in [0.15, 0.2) is 52.7 Å². The fourth-order valence-electron chi connectivity index (χ4n) is 2.67. The molecule has 3 N–H and O–H groups in total. The smallest absolute Gasteiger partial charge is 0.172 e. The van der Waals surface area contributed by atoms with Crippen LogP contribution in [0.25, 0.3) is 10.8 Å². The maximum absolute atomic E-state index is 11.0. The van der Waals surface area contributed by atoms with Crippen LogP contribution >= 0.6 is 11.6 Å². The summed E-state index contributed by atoms with van der Waals surface area (Å²) in [5.41, 5.74) is 1.30. The number of rotatable bonds is 5. The molecule has 0 aliphatic carbocycles. The number of hydrogen-bond acceptors (Lipinski definition) is 7. The lowest BCUT2D eigenvalue weighted by atomic mass is 10.1. The molecule has 1 atom stereocenters. The molecule has 29 heavy (non-hydrogen) atoms. The third kappa shape index (κ3) is 4.33. The van der Waals surface area contributed by atoms with E-state index >= 15 is 0 Å². The number of phenols is 1. The summed E-state index contributed by atoms with van der Waals surface area (Å²) in [6.45, 7) is 0. The normalized spacial score (nSPS) is 11.9. The molecule has 0 saturated carbocycles. The number of nitrogens with one attached hydrogen (secondary N) is 1. The summed E-state index contributed by atoms with van der Waals surface area (Å²) in [5, 5.41) is 40.6. The molecule has 3 aromatic rings. The van der Waals surface area contributed by atoms with Crippen LogP contribution in [0.2, 0.25) is 5.02 Å². The number of halogens is 1. The van der Waals surface area contributed by atoms with Crippen molar-refractivity contribution in [2.75, 3.05) is 11.2 Å². The molecule has 0 amide bonds. The molecule has 3 aromatic carbocycles. The summed E-state index contributed by atoms with van der Waals surface area (Å²) < 4.78 is 20.1. The molecule has 0 saturated heterocycles. The zero-order valence-electron chi connectivity index (χ0n) is 14.6. The van der Waals surface area contributed by atoms with E-state index < -0.39 is 11.1 Å². The van der Waals surface area contributed by atoms with Gasteiger partial charge in [-0.25, -0.2) is 4.21 Å². The Morgan fingerprint density at radius 3 is 2.45 bits per heavy atom. The van der Waals surface area contributed by atoms with Crippen molar-refractivity contribution in [3.63, 3.8) is 0 Å². The van der Waals surface area contributed by atoms with Crippen molar-refractivity contribution in [2.24, 2.45) is 10.2 Å². The second kappa shape index (κ2) is 8.67. The highest BCUT2D eigenvalue weighted by molar-refractivity contribution is 7.79. The number of benzene rings is 3. The second-order valence-electron chi connectivity index (χ2n) is 5.75. The van der Waals surface area contributed by atoms with Crippen LogP contribution in [0.3, 0.4) is 0 Å². The first kappa shape index (κ1) is 20.2. The van der Waals surface area contributed by atoms with Gasteiger partial charge in [0, 0.05) is 16.5 Å². The van der Waals surface area contributed by atoms with E-state index in [1.54, 1.807) is 18.2 Å². The van der Waals surface area contributed by atoms with Crippen LogP contribution in [0.1, 0.15) is 11.1 Å². The minimum absolute atomic E-state index is 0.0101. The quantitative estimate of drug-likeness (QED) is 0.390. The molecule has 10 heteroatoms. The lowest BCUT2D eigenvalue weighted by Crippen LogP contribution is -2.07. The van der Waals surface area contributed by atoms with Gasteiger partial charge in [-0.1, -0.05) is 23.7 Å². The van der Waals surface area contributed by atoms with E-state index in [1.165, 1.54) is 24.3 Å². The maximum atomic E-state index is 11.0. The number of nitriles is 2. The number of hydrogen-bond donors (Lipinski definition) is 3. The van der Waals surface area contributed by atoms with Crippen molar-refractivity contribution >= 4 is 50.5 Å². The summed E-state index contributed by atoms with van der Waals surface area (Å²) in [6.07, 6.45) is 0. The highest BCUT2D eigenvalue weighted by Gasteiger charge is 2.12.